The number of aliphatic hydroxyl groups is 1. The molecule has 0 spiro atoms. The number of likely N-dealkylation sites (N-methyl/N-ethyl adjacent to an activating group) is 1. The zero-order valence-corrected chi connectivity index (χ0v) is 9.89. The van der Waals surface area contributed by atoms with Gasteiger partial charge in [0.2, 0.25) is 0 Å². The molecule has 0 atom stereocenters. The number of urea groups is 1. The lowest BCUT2D eigenvalue weighted by atomic mass is 10.1. The lowest BCUT2D eigenvalue weighted by molar-refractivity contribution is 0.151. The summed E-state index contributed by atoms with van der Waals surface area (Å²) in [5.41, 5.74) is 1.28. The van der Waals surface area contributed by atoms with Crippen LogP contribution in [0.4, 0.5) is 10.5 Å². The number of carbonyl (C=O) groups is 1. The molecule has 0 radical (unpaired) electrons. The molecule has 0 bridgehead atoms. The van der Waals surface area contributed by atoms with Crippen molar-refractivity contribution in [3.05, 3.63) is 29.8 Å². The van der Waals surface area contributed by atoms with Crippen molar-refractivity contribution in [2.75, 3.05) is 25.0 Å². The molecular formula is C13H16N2O2. The van der Waals surface area contributed by atoms with E-state index in [4.69, 9.17) is 0 Å². The van der Waals surface area contributed by atoms with Crippen molar-refractivity contribution in [3.63, 3.8) is 0 Å². The second kappa shape index (κ2) is 3.47. The van der Waals surface area contributed by atoms with E-state index in [0.29, 0.717) is 0 Å². The molecule has 2 amide bonds. The molecule has 0 aromatic heterocycles. The van der Waals surface area contributed by atoms with Crippen LogP contribution in [-0.2, 0) is 5.60 Å². The third kappa shape index (κ3) is 1.69. The van der Waals surface area contributed by atoms with Crippen LogP contribution in [0, 0.1) is 0 Å². The van der Waals surface area contributed by atoms with E-state index in [9.17, 15) is 9.90 Å². The maximum Gasteiger partial charge on any atom is 0.324 e. The lowest BCUT2D eigenvalue weighted by Crippen LogP contribution is -2.29. The Morgan fingerprint density at radius 2 is 1.82 bits per heavy atom. The summed E-state index contributed by atoms with van der Waals surface area (Å²) in [5, 5.41) is 9.96. The molecule has 17 heavy (non-hydrogen) atoms. The molecule has 2 fully saturated rings. The van der Waals surface area contributed by atoms with E-state index in [1.54, 1.807) is 9.80 Å². The number of carbonyl (C=O) groups excluding carboxylic acids is 1. The Kier molecular flexibility index (Phi) is 2.16. The van der Waals surface area contributed by atoms with Gasteiger partial charge in [0.1, 0.15) is 0 Å². The fourth-order valence-corrected chi connectivity index (χ4v) is 2.25. The number of hydrogen-bond donors (Lipinski definition) is 1. The molecule has 1 saturated heterocycles. The smallest absolute Gasteiger partial charge is 0.324 e. The molecule has 2 aliphatic rings. The van der Waals surface area contributed by atoms with Crippen LogP contribution in [0.1, 0.15) is 18.4 Å². The fraction of sp³-hybridized carbons (Fsp3) is 0.462. The molecule has 0 unspecified atom stereocenters. The van der Waals surface area contributed by atoms with Gasteiger partial charge in [-0.2, -0.15) is 0 Å². The Hall–Kier alpha value is -1.55. The highest BCUT2D eigenvalue weighted by atomic mass is 16.3. The maximum atomic E-state index is 11.8. The Morgan fingerprint density at radius 3 is 2.29 bits per heavy atom. The number of anilines is 1. The molecule has 3 rings (SSSR count). The van der Waals surface area contributed by atoms with E-state index in [-0.39, 0.29) is 6.03 Å². The minimum atomic E-state index is -0.593. The Labute approximate surface area is 100 Å². The van der Waals surface area contributed by atoms with Crippen LogP contribution < -0.4 is 4.90 Å². The van der Waals surface area contributed by atoms with Gasteiger partial charge >= 0.3 is 6.03 Å². The Balaban J connectivity index is 1.83. The van der Waals surface area contributed by atoms with Crippen molar-refractivity contribution < 1.29 is 9.90 Å². The standard InChI is InChI=1S/C13H16N2O2/c1-14-8-9-15(12(14)16)11-4-2-10(3-5-11)13(17)6-7-13/h2-5,17H,6-9H2,1H3. The van der Waals surface area contributed by atoms with Crippen molar-refractivity contribution in [3.8, 4) is 0 Å². The normalized spacial score (nSPS) is 22.1. The first-order valence-electron chi connectivity index (χ1n) is 5.96. The highest BCUT2D eigenvalue weighted by molar-refractivity contribution is 5.93. The van der Waals surface area contributed by atoms with Crippen LogP contribution in [0.3, 0.4) is 0 Å². The van der Waals surface area contributed by atoms with E-state index >= 15 is 0 Å². The molecule has 1 aliphatic carbocycles. The third-order valence-electron chi connectivity index (χ3n) is 3.66. The zero-order chi connectivity index (χ0) is 12.0. The lowest BCUT2D eigenvalue weighted by Gasteiger charge is -2.17. The molecule has 90 valence electrons. The molecule has 1 heterocycles. The third-order valence-corrected chi connectivity index (χ3v) is 3.66. The van der Waals surface area contributed by atoms with Gasteiger partial charge in [0.15, 0.2) is 0 Å². The quantitative estimate of drug-likeness (QED) is 0.840. The first kappa shape index (κ1) is 10.6. The monoisotopic (exact) mass is 232 g/mol. The maximum absolute atomic E-state index is 11.8. The predicted octanol–water partition coefficient (Wildman–Crippen LogP) is 1.54. The number of amides is 2. The van der Waals surface area contributed by atoms with E-state index in [2.05, 4.69) is 0 Å². The van der Waals surface area contributed by atoms with E-state index in [1.165, 1.54) is 0 Å². The van der Waals surface area contributed by atoms with Crippen molar-refractivity contribution in [2.24, 2.45) is 0 Å². The molecule has 1 saturated carbocycles. The highest BCUT2D eigenvalue weighted by Crippen LogP contribution is 2.45. The number of benzene rings is 1. The van der Waals surface area contributed by atoms with Crippen LogP contribution in [0.25, 0.3) is 0 Å². The second-order valence-electron chi connectivity index (χ2n) is 4.93. The minimum Gasteiger partial charge on any atom is -0.385 e. The first-order chi connectivity index (χ1) is 8.10. The average Bonchev–Trinajstić information content (AvgIpc) is 3.00. The van der Waals surface area contributed by atoms with Crippen LogP contribution in [0.15, 0.2) is 24.3 Å². The molecule has 1 aromatic rings. The topological polar surface area (TPSA) is 43.8 Å². The SMILES string of the molecule is CN1CCN(c2ccc(C3(O)CC3)cc2)C1=O. The number of rotatable bonds is 2. The first-order valence-corrected chi connectivity index (χ1v) is 5.96. The van der Waals surface area contributed by atoms with Crippen molar-refractivity contribution in [1.82, 2.24) is 4.90 Å². The summed E-state index contributed by atoms with van der Waals surface area (Å²) in [4.78, 5) is 15.3. The minimum absolute atomic E-state index is 0.0443. The Bertz CT molecular complexity index is 451. The summed E-state index contributed by atoms with van der Waals surface area (Å²) in [7, 11) is 1.81. The fourth-order valence-electron chi connectivity index (χ4n) is 2.25. The van der Waals surface area contributed by atoms with Gasteiger partial charge in [0.25, 0.3) is 0 Å². The summed E-state index contributed by atoms with van der Waals surface area (Å²) in [6.45, 7) is 1.50. The van der Waals surface area contributed by atoms with Gasteiger partial charge in [-0.05, 0) is 30.5 Å². The largest absolute Gasteiger partial charge is 0.385 e. The summed E-state index contributed by atoms with van der Waals surface area (Å²) < 4.78 is 0. The van der Waals surface area contributed by atoms with Gasteiger partial charge in [-0.25, -0.2) is 4.79 Å². The molecule has 1 aromatic carbocycles. The van der Waals surface area contributed by atoms with Gasteiger partial charge < -0.3 is 10.0 Å². The Morgan fingerprint density at radius 1 is 1.18 bits per heavy atom. The van der Waals surface area contributed by atoms with Gasteiger partial charge in [-0.15, -0.1) is 0 Å². The van der Waals surface area contributed by atoms with E-state index in [0.717, 1.165) is 37.2 Å². The highest BCUT2D eigenvalue weighted by Gasteiger charge is 2.42. The molecular weight excluding hydrogens is 216 g/mol. The molecule has 1 N–H and O–H groups in total. The van der Waals surface area contributed by atoms with Gasteiger partial charge in [0, 0.05) is 25.8 Å². The average molecular weight is 232 g/mol. The molecule has 4 nitrogen and oxygen atoms in total. The summed E-state index contributed by atoms with van der Waals surface area (Å²) in [6, 6.07) is 7.73. The second-order valence-corrected chi connectivity index (χ2v) is 4.93. The number of nitrogens with zero attached hydrogens (tertiary/aromatic N) is 2. The molecule has 1 aliphatic heterocycles. The number of hydrogen-bond acceptors (Lipinski definition) is 2. The van der Waals surface area contributed by atoms with Crippen molar-refractivity contribution in [2.45, 2.75) is 18.4 Å². The van der Waals surface area contributed by atoms with E-state index in [1.807, 2.05) is 31.3 Å². The van der Waals surface area contributed by atoms with Gasteiger partial charge in [-0.1, -0.05) is 12.1 Å². The van der Waals surface area contributed by atoms with Crippen LogP contribution in [0.5, 0.6) is 0 Å². The van der Waals surface area contributed by atoms with Gasteiger partial charge in [0.05, 0.1) is 5.60 Å². The van der Waals surface area contributed by atoms with Gasteiger partial charge in [-0.3, -0.25) is 4.90 Å². The predicted molar refractivity (Wildman–Crippen MR) is 64.9 cm³/mol. The van der Waals surface area contributed by atoms with Crippen molar-refractivity contribution in [1.29, 1.82) is 0 Å². The van der Waals surface area contributed by atoms with E-state index < -0.39 is 5.60 Å². The molecule has 4 heteroatoms. The van der Waals surface area contributed by atoms with Crippen molar-refractivity contribution >= 4 is 11.7 Å². The summed E-state index contributed by atoms with van der Waals surface area (Å²) >= 11 is 0. The zero-order valence-electron chi connectivity index (χ0n) is 9.89. The van der Waals surface area contributed by atoms with Crippen LogP contribution in [-0.4, -0.2) is 36.2 Å². The van der Waals surface area contributed by atoms with Crippen LogP contribution in [0.2, 0.25) is 0 Å². The summed E-state index contributed by atoms with van der Waals surface area (Å²) in [5.74, 6) is 0. The van der Waals surface area contributed by atoms with Crippen LogP contribution >= 0.6 is 0 Å². The summed E-state index contributed by atoms with van der Waals surface area (Å²) in [6.07, 6.45) is 1.69.